The molecule has 1 fully saturated rings. The van der Waals surface area contributed by atoms with Crippen LogP contribution in [0.2, 0.25) is 18.1 Å². The third-order valence-corrected chi connectivity index (χ3v) is 9.21. The molecule has 116 valence electrons. The highest BCUT2D eigenvalue weighted by Gasteiger charge is 2.46. The molecule has 1 aromatic rings. The van der Waals surface area contributed by atoms with Crippen molar-refractivity contribution in [1.82, 2.24) is 5.01 Å². The molecule has 4 nitrogen and oxygen atoms in total. The molecule has 0 spiro atoms. The summed E-state index contributed by atoms with van der Waals surface area (Å²) in [6.07, 6.45) is 0.202. The first-order valence-electron chi connectivity index (χ1n) is 7.43. The van der Waals surface area contributed by atoms with Gasteiger partial charge in [-0.25, -0.2) is 5.84 Å². The lowest BCUT2D eigenvalue weighted by atomic mass is 10.0. The molecule has 2 rings (SSSR count). The number of hydrogen-bond acceptors (Lipinski definition) is 3. The Morgan fingerprint density at radius 2 is 1.81 bits per heavy atom. The van der Waals surface area contributed by atoms with Gasteiger partial charge in [-0.1, -0.05) is 51.1 Å². The van der Waals surface area contributed by atoms with Crippen molar-refractivity contribution in [1.29, 1.82) is 0 Å². The van der Waals surface area contributed by atoms with Crippen LogP contribution in [0.15, 0.2) is 30.3 Å². The lowest BCUT2D eigenvalue weighted by Crippen LogP contribution is -2.46. The van der Waals surface area contributed by atoms with Gasteiger partial charge in [0.15, 0.2) is 8.32 Å². The summed E-state index contributed by atoms with van der Waals surface area (Å²) in [6.45, 7) is 11.0. The number of carbonyl (C=O) groups is 1. The molecule has 1 aliphatic rings. The van der Waals surface area contributed by atoms with Crippen LogP contribution in [0, 0.1) is 0 Å². The number of hydrazine groups is 1. The normalized spacial score (nSPS) is 23.7. The monoisotopic (exact) mass is 306 g/mol. The Hall–Kier alpha value is -1.17. The molecule has 0 radical (unpaired) electrons. The molecule has 1 aromatic carbocycles. The Morgan fingerprint density at radius 3 is 2.33 bits per heavy atom. The molecule has 1 amide bonds. The topological polar surface area (TPSA) is 55.6 Å². The fourth-order valence-electron chi connectivity index (χ4n) is 2.41. The Kier molecular flexibility index (Phi) is 4.28. The van der Waals surface area contributed by atoms with E-state index in [0.717, 1.165) is 5.56 Å². The fourth-order valence-corrected chi connectivity index (χ4v) is 3.73. The highest BCUT2D eigenvalue weighted by Crippen LogP contribution is 2.42. The van der Waals surface area contributed by atoms with Gasteiger partial charge in [-0.05, 0) is 23.7 Å². The van der Waals surface area contributed by atoms with Crippen LogP contribution in [0.4, 0.5) is 0 Å². The first kappa shape index (κ1) is 16.2. The van der Waals surface area contributed by atoms with Gasteiger partial charge in [-0.2, -0.15) is 0 Å². The molecular weight excluding hydrogens is 280 g/mol. The second kappa shape index (κ2) is 5.55. The van der Waals surface area contributed by atoms with Crippen LogP contribution in [-0.2, 0) is 9.22 Å². The minimum Gasteiger partial charge on any atom is -0.411 e. The molecule has 5 heteroatoms. The van der Waals surface area contributed by atoms with Crippen LogP contribution in [0.5, 0.6) is 0 Å². The van der Waals surface area contributed by atoms with Gasteiger partial charge in [-0.3, -0.25) is 9.80 Å². The second-order valence-electron chi connectivity index (χ2n) is 7.28. The summed E-state index contributed by atoms with van der Waals surface area (Å²) >= 11 is 0. The van der Waals surface area contributed by atoms with Crippen LogP contribution in [-0.4, -0.2) is 25.3 Å². The van der Waals surface area contributed by atoms with Crippen molar-refractivity contribution in [2.75, 3.05) is 0 Å². The Bertz CT molecular complexity index is 511. The predicted molar refractivity (Wildman–Crippen MR) is 86.9 cm³/mol. The third kappa shape index (κ3) is 3.20. The van der Waals surface area contributed by atoms with E-state index < -0.39 is 8.32 Å². The number of nitrogens with zero attached hydrogens (tertiary/aromatic N) is 1. The van der Waals surface area contributed by atoms with Crippen LogP contribution >= 0.6 is 0 Å². The number of amides is 1. The van der Waals surface area contributed by atoms with E-state index in [1.165, 1.54) is 5.01 Å². The van der Waals surface area contributed by atoms with Gasteiger partial charge in [-0.15, -0.1) is 0 Å². The van der Waals surface area contributed by atoms with Crippen LogP contribution < -0.4 is 5.84 Å². The summed E-state index contributed by atoms with van der Waals surface area (Å²) in [5.41, 5.74) is 1.04. The van der Waals surface area contributed by atoms with Gasteiger partial charge in [0, 0.05) is 0 Å². The van der Waals surface area contributed by atoms with Crippen LogP contribution in [0.1, 0.15) is 38.8 Å². The highest BCUT2D eigenvalue weighted by molar-refractivity contribution is 6.74. The first-order chi connectivity index (χ1) is 9.63. The van der Waals surface area contributed by atoms with Crippen molar-refractivity contribution in [3.63, 3.8) is 0 Å². The molecule has 2 unspecified atom stereocenters. The fraction of sp³-hybridized carbons (Fsp3) is 0.562. The average molecular weight is 306 g/mol. The maximum atomic E-state index is 12.0. The molecule has 0 bridgehead atoms. The van der Waals surface area contributed by atoms with Gasteiger partial charge in [0.25, 0.3) is 0 Å². The summed E-state index contributed by atoms with van der Waals surface area (Å²) in [4.78, 5) is 12.0. The first-order valence-corrected chi connectivity index (χ1v) is 10.3. The van der Waals surface area contributed by atoms with Crippen molar-refractivity contribution in [2.24, 2.45) is 5.84 Å². The summed E-state index contributed by atoms with van der Waals surface area (Å²) in [7, 11) is -1.94. The zero-order chi connectivity index (χ0) is 15.8. The average Bonchev–Trinajstić information content (AvgIpc) is 2.64. The zero-order valence-corrected chi connectivity index (χ0v) is 14.6. The van der Waals surface area contributed by atoms with Crippen LogP contribution in [0.25, 0.3) is 0 Å². The number of benzene rings is 1. The van der Waals surface area contributed by atoms with Crippen LogP contribution in [0.3, 0.4) is 0 Å². The van der Waals surface area contributed by atoms with E-state index >= 15 is 0 Å². The van der Waals surface area contributed by atoms with Gasteiger partial charge in [0.05, 0.1) is 18.6 Å². The summed E-state index contributed by atoms with van der Waals surface area (Å²) in [5.74, 6) is 5.94. The maximum Gasteiger partial charge on any atom is 0.239 e. The van der Waals surface area contributed by atoms with E-state index in [0.29, 0.717) is 6.42 Å². The third-order valence-electron chi connectivity index (χ3n) is 4.71. The Morgan fingerprint density at radius 1 is 1.24 bits per heavy atom. The minimum absolute atomic E-state index is 0.0486. The van der Waals surface area contributed by atoms with Crippen molar-refractivity contribution >= 4 is 14.2 Å². The summed E-state index contributed by atoms with van der Waals surface area (Å²) < 4.78 is 6.47. The summed E-state index contributed by atoms with van der Waals surface area (Å²) in [5, 5.41) is 1.45. The molecule has 2 N–H and O–H groups in total. The van der Waals surface area contributed by atoms with Crippen molar-refractivity contribution in [2.45, 2.75) is 57.5 Å². The molecule has 1 saturated heterocycles. The quantitative estimate of drug-likeness (QED) is 0.530. The van der Waals surface area contributed by atoms with E-state index in [-0.39, 0.29) is 23.1 Å². The predicted octanol–water partition coefficient (Wildman–Crippen LogP) is 3.22. The van der Waals surface area contributed by atoms with Gasteiger partial charge in [0.1, 0.15) is 0 Å². The Labute approximate surface area is 128 Å². The Balaban J connectivity index is 2.28. The van der Waals surface area contributed by atoms with Crippen molar-refractivity contribution in [3.05, 3.63) is 35.9 Å². The lowest BCUT2D eigenvalue weighted by molar-refractivity contribution is -0.129. The van der Waals surface area contributed by atoms with E-state index in [2.05, 4.69) is 33.9 Å². The molecule has 0 saturated carbocycles. The van der Waals surface area contributed by atoms with Gasteiger partial charge in [0.2, 0.25) is 5.91 Å². The minimum atomic E-state index is -1.94. The highest BCUT2D eigenvalue weighted by atomic mass is 28.4. The van der Waals surface area contributed by atoms with E-state index in [1.807, 2.05) is 30.3 Å². The molecule has 2 atom stereocenters. The standard InChI is InChI=1S/C16H26N2O2Si/c1-16(2,3)21(4,5)20-13-11-14(19)18(17)15(13)12-9-7-6-8-10-12/h6-10,13,15H,11,17H2,1-5H3. The SMILES string of the molecule is CC(C)(C)[Si](C)(C)OC1CC(=O)N(N)C1c1ccccc1. The molecule has 21 heavy (non-hydrogen) atoms. The molecule has 1 aliphatic heterocycles. The van der Waals surface area contributed by atoms with Gasteiger partial charge >= 0.3 is 0 Å². The molecule has 0 aromatic heterocycles. The molecule has 0 aliphatic carbocycles. The lowest BCUT2D eigenvalue weighted by Gasteiger charge is -2.40. The van der Waals surface area contributed by atoms with Crippen molar-refractivity contribution in [3.8, 4) is 0 Å². The van der Waals surface area contributed by atoms with E-state index in [4.69, 9.17) is 10.3 Å². The zero-order valence-electron chi connectivity index (χ0n) is 13.6. The van der Waals surface area contributed by atoms with Gasteiger partial charge < -0.3 is 4.43 Å². The van der Waals surface area contributed by atoms with E-state index in [9.17, 15) is 4.79 Å². The number of carbonyl (C=O) groups excluding carboxylic acids is 1. The van der Waals surface area contributed by atoms with E-state index in [1.54, 1.807) is 0 Å². The molecular formula is C16H26N2O2Si. The second-order valence-corrected chi connectivity index (χ2v) is 12.0. The largest absolute Gasteiger partial charge is 0.411 e. The smallest absolute Gasteiger partial charge is 0.239 e. The number of hydrogen-bond donors (Lipinski definition) is 1. The summed E-state index contributed by atoms with van der Waals surface area (Å²) in [6, 6.07) is 9.72. The molecule has 1 heterocycles. The maximum absolute atomic E-state index is 12.0. The number of nitrogens with two attached hydrogens (primary N) is 1. The number of rotatable bonds is 3. The van der Waals surface area contributed by atoms with Crippen molar-refractivity contribution < 1.29 is 9.22 Å².